The van der Waals surface area contributed by atoms with Crippen LogP contribution in [0.2, 0.25) is 0 Å². The van der Waals surface area contributed by atoms with E-state index in [1.165, 1.54) is 11.3 Å². The van der Waals surface area contributed by atoms with E-state index in [1.807, 2.05) is 17.2 Å². The van der Waals surface area contributed by atoms with E-state index in [0.717, 1.165) is 49.9 Å². The molecule has 1 N–H and O–H groups in total. The third-order valence-electron chi connectivity index (χ3n) is 6.52. The zero-order valence-electron chi connectivity index (χ0n) is 18.7. The van der Waals surface area contributed by atoms with Gasteiger partial charge < -0.3 is 15.1 Å². The lowest BCUT2D eigenvalue weighted by molar-refractivity contribution is 0.140. The minimum absolute atomic E-state index is 0.267. The van der Waals surface area contributed by atoms with Gasteiger partial charge in [-0.05, 0) is 43.8 Å². The molecule has 0 aliphatic carbocycles. The van der Waals surface area contributed by atoms with Crippen molar-refractivity contribution < 1.29 is 4.84 Å². The Morgan fingerprint density at radius 3 is 2.44 bits per heavy atom. The van der Waals surface area contributed by atoms with Gasteiger partial charge in [0, 0.05) is 50.0 Å². The van der Waals surface area contributed by atoms with Crippen molar-refractivity contribution >= 4 is 23.0 Å². The fourth-order valence-electron chi connectivity index (χ4n) is 4.45. The van der Waals surface area contributed by atoms with Crippen molar-refractivity contribution in [3.05, 3.63) is 72.6 Å². The van der Waals surface area contributed by atoms with Crippen LogP contribution >= 0.6 is 0 Å². The highest BCUT2D eigenvalue weighted by atomic mass is 16.7. The van der Waals surface area contributed by atoms with E-state index in [-0.39, 0.29) is 5.54 Å². The number of hydrogen-bond donors (Lipinski definition) is 1. The minimum Gasteiger partial charge on any atom is -0.369 e. The van der Waals surface area contributed by atoms with E-state index < -0.39 is 0 Å². The van der Waals surface area contributed by atoms with Crippen LogP contribution in [0.4, 0.5) is 23.0 Å². The van der Waals surface area contributed by atoms with E-state index in [9.17, 15) is 0 Å². The highest BCUT2D eigenvalue weighted by Crippen LogP contribution is 2.40. The average molecular weight is 431 g/mol. The summed E-state index contributed by atoms with van der Waals surface area (Å²) in [5.74, 6) is 1.49. The third kappa shape index (κ3) is 4.13. The predicted octanol–water partition coefficient (Wildman–Crippen LogP) is 4.03. The lowest BCUT2D eigenvalue weighted by Gasteiger charge is -2.34. The number of rotatable bonds is 5. The molecule has 32 heavy (non-hydrogen) atoms. The van der Waals surface area contributed by atoms with Crippen LogP contribution in [0.5, 0.6) is 0 Å². The first-order valence-electron chi connectivity index (χ1n) is 11.2. The Hall–Kier alpha value is -3.16. The van der Waals surface area contributed by atoms with Gasteiger partial charge in [-0.1, -0.05) is 30.3 Å². The monoisotopic (exact) mass is 430 g/mol. The summed E-state index contributed by atoms with van der Waals surface area (Å²) in [4.78, 5) is 19.7. The normalized spacial score (nSPS) is 21.7. The first-order valence-corrected chi connectivity index (χ1v) is 11.2. The summed E-state index contributed by atoms with van der Waals surface area (Å²) in [7, 11) is 2.18. The standard InChI is InChI=1S/C25H30N6O/c1-25(20-6-4-3-5-7-20)12-17-32-31(25)24-18-23(26-19-27-24)28-21-8-10-22(11-9-21)30-15-13-29(2)14-16-30/h3-11,18-19H,12-17H2,1-2H3,(H,26,27,28)/t25-/m1/s1. The second kappa shape index (κ2) is 8.76. The lowest BCUT2D eigenvalue weighted by atomic mass is 9.89. The predicted molar refractivity (Wildman–Crippen MR) is 128 cm³/mol. The van der Waals surface area contributed by atoms with Crippen molar-refractivity contribution in [2.24, 2.45) is 0 Å². The Morgan fingerprint density at radius 2 is 1.69 bits per heavy atom. The number of nitrogens with one attached hydrogen (secondary N) is 1. The maximum Gasteiger partial charge on any atom is 0.158 e. The van der Waals surface area contributed by atoms with Gasteiger partial charge in [-0.2, -0.15) is 0 Å². The summed E-state index contributed by atoms with van der Waals surface area (Å²) < 4.78 is 0. The molecular formula is C25H30N6O. The van der Waals surface area contributed by atoms with Crippen LogP contribution < -0.4 is 15.3 Å². The summed E-state index contributed by atoms with van der Waals surface area (Å²) in [5, 5.41) is 5.33. The Balaban J connectivity index is 1.31. The van der Waals surface area contributed by atoms with E-state index in [1.54, 1.807) is 6.33 Å². The Morgan fingerprint density at radius 1 is 0.938 bits per heavy atom. The molecule has 166 valence electrons. The number of piperazine rings is 1. The van der Waals surface area contributed by atoms with Gasteiger partial charge in [-0.3, -0.25) is 4.84 Å². The molecule has 5 rings (SSSR count). The van der Waals surface area contributed by atoms with Crippen molar-refractivity contribution in [2.75, 3.05) is 55.1 Å². The quantitative estimate of drug-likeness (QED) is 0.656. The molecule has 2 aliphatic heterocycles. The topological polar surface area (TPSA) is 56.8 Å². The van der Waals surface area contributed by atoms with Gasteiger partial charge in [0.15, 0.2) is 5.82 Å². The van der Waals surface area contributed by atoms with Gasteiger partial charge in [0.1, 0.15) is 12.1 Å². The molecule has 2 aliphatic rings. The summed E-state index contributed by atoms with van der Waals surface area (Å²) in [6.07, 6.45) is 2.49. The van der Waals surface area contributed by atoms with Crippen LogP contribution in [-0.2, 0) is 10.4 Å². The summed E-state index contributed by atoms with van der Waals surface area (Å²) >= 11 is 0. The molecule has 1 atom stereocenters. The van der Waals surface area contributed by atoms with Gasteiger partial charge in [-0.25, -0.2) is 15.0 Å². The number of likely N-dealkylation sites (N-methyl/N-ethyl adjacent to an activating group) is 1. The van der Waals surface area contributed by atoms with Crippen LogP contribution in [0.15, 0.2) is 67.0 Å². The van der Waals surface area contributed by atoms with Crippen LogP contribution in [0, 0.1) is 0 Å². The van der Waals surface area contributed by atoms with E-state index in [2.05, 4.69) is 87.6 Å². The molecule has 3 aromatic rings. The van der Waals surface area contributed by atoms with E-state index in [0.29, 0.717) is 6.61 Å². The SMILES string of the molecule is CN1CCN(c2ccc(Nc3cc(N4OCC[C@]4(C)c4ccccc4)ncn3)cc2)CC1. The molecule has 0 bridgehead atoms. The second-order valence-electron chi connectivity index (χ2n) is 8.74. The molecule has 2 fully saturated rings. The van der Waals surface area contributed by atoms with Gasteiger partial charge in [0.05, 0.1) is 12.1 Å². The third-order valence-corrected chi connectivity index (χ3v) is 6.52. The van der Waals surface area contributed by atoms with Gasteiger partial charge >= 0.3 is 0 Å². The highest BCUT2D eigenvalue weighted by Gasteiger charge is 2.41. The van der Waals surface area contributed by atoms with Crippen LogP contribution in [0.25, 0.3) is 0 Å². The number of anilines is 4. The first-order chi connectivity index (χ1) is 15.6. The molecule has 0 saturated carbocycles. The highest BCUT2D eigenvalue weighted by molar-refractivity contribution is 5.63. The fraction of sp³-hybridized carbons (Fsp3) is 0.360. The van der Waals surface area contributed by atoms with Gasteiger partial charge in [0.2, 0.25) is 0 Å². The molecule has 0 radical (unpaired) electrons. The summed E-state index contributed by atoms with van der Waals surface area (Å²) in [6.45, 7) is 7.19. The number of aromatic nitrogens is 2. The average Bonchev–Trinajstić information content (AvgIpc) is 3.24. The van der Waals surface area contributed by atoms with Crippen molar-refractivity contribution in [3.8, 4) is 0 Å². The zero-order valence-corrected chi connectivity index (χ0v) is 18.7. The molecule has 7 heteroatoms. The smallest absolute Gasteiger partial charge is 0.158 e. The Kier molecular flexibility index (Phi) is 5.68. The molecule has 0 spiro atoms. The van der Waals surface area contributed by atoms with E-state index >= 15 is 0 Å². The number of hydrogen-bond acceptors (Lipinski definition) is 7. The number of hydroxylamine groups is 1. The minimum atomic E-state index is -0.267. The number of benzene rings is 2. The van der Waals surface area contributed by atoms with Crippen molar-refractivity contribution in [1.29, 1.82) is 0 Å². The molecule has 1 aromatic heterocycles. The van der Waals surface area contributed by atoms with Crippen molar-refractivity contribution in [1.82, 2.24) is 14.9 Å². The van der Waals surface area contributed by atoms with Crippen LogP contribution in [0.1, 0.15) is 18.9 Å². The molecule has 0 amide bonds. The van der Waals surface area contributed by atoms with Crippen LogP contribution in [0.3, 0.4) is 0 Å². The largest absolute Gasteiger partial charge is 0.369 e. The molecule has 2 aromatic carbocycles. The molecule has 7 nitrogen and oxygen atoms in total. The zero-order chi connectivity index (χ0) is 22.0. The maximum absolute atomic E-state index is 6.01. The maximum atomic E-state index is 6.01. The number of nitrogens with zero attached hydrogens (tertiary/aromatic N) is 5. The Bertz CT molecular complexity index is 1040. The van der Waals surface area contributed by atoms with E-state index in [4.69, 9.17) is 4.84 Å². The molecule has 3 heterocycles. The molecular weight excluding hydrogens is 400 g/mol. The Labute approximate surface area is 189 Å². The lowest BCUT2D eigenvalue weighted by Crippen LogP contribution is -2.44. The van der Waals surface area contributed by atoms with Crippen LogP contribution in [-0.4, -0.2) is 54.7 Å². The van der Waals surface area contributed by atoms with Gasteiger partial charge in [-0.15, -0.1) is 0 Å². The molecule has 2 saturated heterocycles. The fourth-order valence-corrected chi connectivity index (χ4v) is 4.45. The summed E-state index contributed by atoms with van der Waals surface area (Å²) in [6, 6.07) is 21.0. The van der Waals surface area contributed by atoms with Gasteiger partial charge in [0.25, 0.3) is 0 Å². The summed E-state index contributed by atoms with van der Waals surface area (Å²) in [5.41, 5.74) is 3.21. The first kappa shape index (κ1) is 20.7. The van der Waals surface area contributed by atoms with Crippen molar-refractivity contribution in [2.45, 2.75) is 18.9 Å². The molecule has 0 unspecified atom stereocenters. The second-order valence-corrected chi connectivity index (χ2v) is 8.74. The van der Waals surface area contributed by atoms with Crippen molar-refractivity contribution in [3.63, 3.8) is 0 Å².